The van der Waals surface area contributed by atoms with E-state index in [0.717, 1.165) is 108 Å². The number of nitrogens with zero attached hydrogens (tertiary/aromatic N) is 4. The molecular weight excluding hydrogens is 880 g/mol. The SMILES string of the molecule is CC1(C)CCC(CC2CNCCN2c2ccc(C(=O)NS(=O)(=O)c3ccc(NC4CCN(C5CCOCC5)CC4)c([N+](=O)[O-])c3)c(Oc3cnc4[nH]ccc4c3)c2)=C(c2ccc(Cl)cc2)C1. The lowest BCUT2D eigenvalue weighted by molar-refractivity contribution is -0.384. The molecule has 3 fully saturated rings. The first-order valence-corrected chi connectivity index (χ1v) is 24.8. The Morgan fingerprint density at radius 3 is 2.58 bits per heavy atom. The summed E-state index contributed by atoms with van der Waals surface area (Å²) in [4.78, 5) is 37.9. The summed E-state index contributed by atoms with van der Waals surface area (Å²) in [6.07, 6.45) is 10.7. The number of H-pyrrole nitrogens is 1. The van der Waals surface area contributed by atoms with Crippen LogP contribution < -0.4 is 25.0 Å². The monoisotopic (exact) mass is 936 g/mol. The Hall–Kier alpha value is -5.52. The number of aromatic nitrogens is 2. The molecule has 2 aromatic heterocycles. The first-order valence-electron chi connectivity index (χ1n) is 22.9. The van der Waals surface area contributed by atoms with Crippen LogP contribution in [0.15, 0.2) is 95.7 Å². The van der Waals surface area contributed by atoms with Crippen LogP contribution in [0.4, 0.5) is 17.1 Å². The van der Waals surface area contributed by atoms with Crippen LogP contribution in [0.5, 0.6) is 11.5 Å². The number of sulfonamides is 1. The Morgan fingerprint density at radius 1 is 1.02 bits per heavy atom. The number of rotatable bonds is 13. The fourth-order valence-electron chi connectivity index (χ4n) is 10.0. The van der Waals surface area contributed by atoms with Crippen LogP contribution in [-0.4, -0.2) is 98.2 Å². The number of carbonyl (C=O) groups excluding carboxylic acids is 1. The van der Waals surface area contributed by atoms with Crippen molar-refractivity contribution in [1.29, 1.82) is 0 Å². The van der Waals surface area contributed by atoms with Gasteiger partial charge in [0.2, 0.25) is 0 Å². The zero-order valence-corrected chi connectivity index (χ0v) is 38.9. The molecule has 15 nitrogen and oxygen atoms in total. The maximum Gasteiger partial charge on any atom is 0.293 e. The predicted molar refractivity (Wildman–Crippen MR) is 257 cm³/mol. The highest BCUT2D eigenvalue weighted by molar-refractivity contribution is 7.90. The van der Waals surface area contributed by atoms with Crippen molar-refractivity contribution in [2.24, 2.45) is 5.41 Å². The van der Waals surface area contributed by atoms with Crippen LogP contribution in [-0.2, 0) is 14.8 Å². The first-order chi connectivity index (χ1) is 31.8. The highest BCUT2D eigenvalue weighted by Gasteiger charge is 2.33. The molecule has 5 heterocycles. The number of fused-ring (bicyclic) bond motifs is 1. The molecule has 1 atom stereocenters. The lowest BCUT2D eigenvalue weighted by atomic mass is 9.71. The Morgan fingerprint density at radius 2 is 1.80 bits per heavy atom. The number of pyridine rings is 1. The number of nitrogens with one attached hydrogen (secondary N) is 4. The summed E-state index contributed by atoms with van der Waals surface area (Å²) >= 11 is 6.30. The topological polar surface area (TPSA) is 184 Å². The smallest absolute Gasteiger partial charge is 0.293 e. The van der Waals surface area contributed by atoms with E-state index in [-0.39, 0.29) is 34.5 Å². The predicted octanol–water partition coefficient (Wildman–Crippen LogP) is 8.92. The number of piperazine rings is 1. The number of hydrogen-bond donors (Lipinski definition) is 4. The van der Waals surface area contributed by atoms with Crippen LogP contribution in [0.3, 0.4) is 0 Å². The van der Waals surface area contributed by atoms with Crippen molar-refractivity contribution in [1.82, 2.24) is 24.9 Å². The standard InChI is InChI=1S/C49H57ClN8O7S/c1-49(2)17-11-33(43(29-49)32-3-5-35(50)6-4-32)25-39-30-51-19-22-57(39)38-7-9-42(46(27-38)65-40-26-34-12-18-52-47(34)53-31-40)48(59)55-66(62,63)41-8-10-44(45(28-41)58(60)61)54-36-13-20-56(21-14-36)37-15-23-64-24-16-37/h3-10,12,18,26-28,31,36-37,39,51,54H,11,13-17,19-25,29-30H2,1-2H3,(H,52,53)(H,55,59). The summed E-state index contributed by atoms with van der Waals surface area (Å²) in [6, 6.07) is 21.1. The molecule has 0 radical (unpaired) electrons. The Kier molecular flexibility index (Phi) is 13.4. The van der Waals surface area contributed by atoms with Gasteiger partial charge in [0.1, 0.15) is 22.8 Å². The van der Waals surface area contributed by atoms with E-state index in [1.54, 1.807) is 24.4 Å². The number of piperidine rings is 1. The summed E-state index contributed by atoms with van der Waals surface area (Å²) in [7, 11) is -4.59. The first kappa shape index (κ1) is 45.6. The molecule has 3 saturated heterocycles. The fourth-order valence-corrected chi connectivity index (χ4v) is 11.1. The van der Waals surface area contributed by atoms with Crippen molar-refractivity contribution in [3.63, 3.8) is 0 Å². The number of ether oxygens (including phenoxy) is 2. The summed E-state index contributed by atoms with van der Waals surface area (Å²) in [6.45, 7) is 10.0. The summed E-state index contributed by atoms with van der Waals surface area (Å²) in [5.41, 5.74) is 5.39. The number of aromatic amines is 1. The van der Waals surface area contributed by atoms with Gasteiger partial charge in [0.15, 0.2) is 0 Å². The van der Waals surface area contributed by atoms with E-state index in [1.165, 1.54) is 35.0 Å². The molecule has 0 saturated carbocycles. The second-order valence-corrected chi connectivity index (χ2v) is 20.8. The maximum atomic E-state index is 14.2. The zero-order chi connectivity index (χ0) is 46.0. The third-order valence-electron chi connectivity index (χ3n) is 13.7. The van der Waals surface area contributed by atoms with E-state index >= 15 is 0 Å². The molecule has 1 amide bonds. The Balaban J connectivity index is 0.970. The molecule has 4 aliphatic rings. The molecule has 66 heavy (non-hydrogen) atoms. The number of allylic oxidation sites excluding steroid dienone is 1. The highest BCUT2D eigenvalue weighted by Crippen LogP contribution is 2.45. The van der Waals surface area contributed by atoms with Crippen LogP contribution >= 0.6 is 11.6 Å². The number of nitro groups is 1. The van der Waals surface area contributed by atoms with Gasteiger partial charge < -0.3 is 34.9 Å². The average molecular weight is 938 g/mol. The van der Waals surface area contributed by atoms with E-state index in [0.29, 0.717) is 29.0 Å². The van der Waals surface area contributed by atoms with Gasteiger partial charge in [0.05, 0.1) is 21.6 Å². The molecule has 3 aromatic carbocycles. The minimum atomic E-state index is -4.59. The third kappa shape index (κ3) is 10.4. The van der Waals surface area contributed by atoms with Gasteiger partial charge in [-0.25, -0.2) is 18.1 Å². The number of nitro benzene ring substituents is 1. The largest absolute Gasteiger partial charge is 0.455 e. The molecule has 17 heteroatoms. The summed E-state index contributed by atoms with van der Waals surface area (Å²) in [5.74, 6) is -0.473. The molecule has 1 unspecified atom stereocenters. The number of halogens is 1. The zero-order valence-electron chi connectivity index (χ0n) is 37.4. The molecule has 0 bridgehead atoms. The Bertz CT molecular complexity index is 2730. The minimum Gasteiger partial charge on any atom is -0.455 e. The van der Waals surface area contributed by atoms with Crippen LogP contribution in [0.2, 0.25) is 5.02 Å². The van der Waals surface area contributed by atoms with Gasteiger partial charge in [-0.1, -0.05) is 43.2 Å². The van der Waals surface area contributed by atoms with Gasteiger partial charge in [-0.3, -0.25) is 14.9 Å². The van der Waals surface area contributed by atoms with Crippen molar-refractivity contribution in [2.45, 2.75) is 88.2 Å². The van der Waals surface area contributed by atoms with Gasteiger partial charge in [0.25, 0.3) is 21.6 Å². The number of carbonyl (C=O) groups is 1. The lowest BCUT2D eigenvalue weighted by Gasteiger charge is -2.41. The van der Waals surface area contributed by atoms with Crippen LogP contribution in [0, 0.1) is 15.5 Å². The number of anilines is 2. The highest BCUT2D eigenvalue weighted by atomic mass is 35.5. The van der Waals surface area contributed by atoms with Gasteiger partial charge in [-0.15, -0.1) is 0 Å². The van der Waals surface area contributed by atoms with E-state index in [1.807, 2.05) is 24.3 Å². The van der Waals surface area contributed by atoms with Gasteiger partial charge in [-0.2, -0.15) is 0 Å². The van der Waals surface area contributed by atoms with E-state index in [2.05, 4.69) is 61.1 Å². The third-order valence-corrected chi connectivity index (χ3v) is 15.2. The van der Waals surface area contributed by atoms with Crippen molar-refractivity contribution in [3.8, 4) is 11.5 Å². The second-order valence-electron chi connectivity index (χ2n) is 18.7. The molecule has 5 aromatic rings. The molecule has 348 valence electrons. The number of likely N-dealkylation sites (tertiary alicyclic amines) is 1. The van der Waals surface area contributed by atoms with Crippen LogP contribution in [0.25, 0.3) is 16.6 Å². The van der Waals surface area contributed by atoms with Crippen LogP contribution in [0.1, 0.15) is 81.1 Å². The van der Waals surface area contributed by atoms with Gasteiger partial charge in [0, 0.05) is 98.5 Å². The van der Waals surface area contributed by atoms with E-state index < -0.39 is 31.4 Å². The molecule has 3 aliphatic heterocycles. The van der Waals surface area contributed by atoms with Gasteiger partial charge >= 0.3 is 0 Å². The van der Waals surface area contributed by atoms with Gasteiger partial charge in [-0.05, 0) is 116 Å². The van der Waals surface area contributed by atoms with Crippen molar-refractivity contribution in [2.75, 3.05) is 56.2 Å². The average Bonchev–Trinajstić information content (AvgIpc) is 3.78. The fraction of sp³-hybridized carbons (Fsp3) is 0.429. The minimum absolute atomic E-state index is 0.0171. The summed E-state index contributed by atoms with van der Waals surface area (Å²) in [5, 5.41) is 20.7. The number of hydrogen-bond acceptors (Lipinski definition) is 12. The van der Waals surface area contributed by atoms with Crippen molar-refractivity contribution < 1.29 is 27.6 Å². The van der Waals surface area contributed by atoms with Crippen molar-refractivity contribution >= 4 is 61.2 Å². The molecule has 1 aliphatic carbocycles. The molecular formula is C49H57ClN8O7S. The molecule has 4 N–H and O–H groups in total. The van der Waals surface area contributed by atoms with E-state index in [4.69, 9.17) is 21.1 Å². The lowest BCUT2D eigenvalue weighted by Crippen LogP contribution is -2.51. The normalized spacial score (nSPS) is 20.0. The number of benzene rings is 3. The number of amides is 1. The van der Waals surface area contributed by atoms with Crippen molar-refractivity contribution in [3.05, 3.63) is 117 Å². The van der Waals surface area contributed by atoms with E-state index in [9.17, 15) is 23.3 Å². The molecule has 9 rings (SSSR count). The second kappa shape index (κ2) is 19.4. The molecule has 0 spiro atoms. The maximum absolute atomic E-state index is 14.2. The quantitative estimate of drug-likeness (QED) is 0.0651. The summed E-state index contributed by atoms with van der Waals surface area (Å²) < 4.78 is 42.0. The Labute approximate surface area is 390 Å².